The molecule has 1 saturated heterocycles. The summed E-state index contributed by atoms with van der Waals surface area (Å²) in [5.74, 6) is -2.82. The molecule has 126 valence electrons. The highest BCUT2D eigenvalue weighted by molar-refractivity contribution is 5.97. The number of aliphatic carboxylic acids is 1. The lowest BCUT2D eigenvalue weighted by molar-refractivity contribution is -0.313. The summed E-state index contributed by atoms with van der Waals surface area (Å²) in [5.41, 5.74) is 1.39. The minimum absolute atomic E-state index is 0.109. The summed E-state index contributed by atoms with van der Waals surface area (Å²) in [7, 11) is 0. The number of nitrogens with zero attached hydrogens (tertiary/aromatic N) is 1. The van der Waals surface area contributed by atoms with Crippen LogP contribution in [0.4, 0.5) is 11.4 Å². The van der Waals surface area contributed by atoms with Crippen LogP contribution in [0.15, 0.2) is 36.4 Å². The molecule has 6 heteroatoms. The van der Waals surface area contributed by atoms with E-state index < -0.39 is 17.8 Å². The summed E-state index contributed by atoms with van der Waals surface area (Å²) in [5, 5.41) is 13.9. The van der Waals surface area contributed by atoms with Gasteiger partial charge in [-0.2, -0.15) is 0 Å². The molecule has 2 atom stereocenters. The van der Waals surface area contributed by atoms with Crippen LogP contribution in [0.1, 0.15) is 25.7 Å². The smallest absolute Gasteiger partial charge is 0.228 e. The lowest BCUT2D eigenvalue weighted by Gasteiger charge is -2.28. The van der Waals surface area contributed by atoms with Gasteiger partial charge in [0.05, 0.1) is 5.92 Å². The van der Waals surface area contributed by atoms with Crippen molar-refractivity contribution in [1.82, 2.24) is 0 Å². The van der Waals surface area contributed by atoms with Crippen molar-refractivity contribution in [3.8, 4) is 0 Å². The normalized spacial score (nSPS) is 23.3. The Morgan fingerprint density at radius 1 is 1.08 bits per heavy atom. The highest BCUT2D eigenvalue weighted by Gasteiger charge is 2.30. The molecule has 0 aromatic heterocycles. The van der Waals surface area contributed by atoms with Crippen LogP contribution in [0, 0.1) is 11.8 Å². The van der Waals surface area contributed by atoms with Crippen LogP contribution in [0.25, 0.3) is 0 Å². The number of carbonyl (C=O) groups is 3. The number of rotatable bonds is 4. The zero-order valence-corrected chi connectivity index (χ0v) is 13.2. The lowest BCUT2D eigenvalue weighted by Crippen LogP contribution is -2.41. The first kappa shape index (κ1) is 16.2. The molecule has 0 spiro atoms. The molecule has 6 nitrogen and oxygen atoms in total. The lowest BCUT2D eigenvalue weighted by atomic mass is 9.82. The predicted octanol–water partition coefficient (Wildman–Crippen LogP) is 1.08. The molecule has 1 aliphatic heterocycles. The van der Waals surface area contributed by atoms with Crippen molar-refractivity contribution in [3.63, 3.8) is 0 Å². The van der Waals surface area contributed by atoms with Crippen molar-refractivity contribution in [2.75, 3.05) is 16.8 Å². The third-order valence-corrected chi connectivity index (χ3v) is 4.59. The van der Waals surface area contributed by atoms with Gasteiger partial charge in [-0.05, 0) is 43.5 Å². The van der Waals surface area contributed by atoms with E-state index in [1.165, 1.54) is 0 Å². The van der Waals surface area contributed by atoms with Crippen LogP contribution >= 0.6 is 0 Å². The van der Waals surface area contributed by atoms with E-state index in [-0.39, 0.29) is 11.8 Å². The Bertz CT molecular complexity index is 681. The van der Waals surface area contributed by atoms with Gasteiger partial charge in [-0.25, -0.2) is 0 Å². The summed E-state index contributed by atoms with van der Waals surface area (Å²) >= 11 is 0. The SMILES string of the molecule is O=C([O-])[C@@H]1CC=CC[C@H]1C(=O)Nc1ccc(N2CCCC2=O)cc1. The fourth-order valence-corrected chi connectivity index (χ4v) is 3.25. The minimum atomic E-state index is -1.19. The molecule has 24 heavy (non-hydrogen) atoms. The van der Waals surface area contributed by atoms with Crippen molar-refractivity contribution in [3.05, 3.63) is 36.4 Å². The first-order chi connectivity index (χ1) is 11.6. The Morgan fingerprint density at radius 2 is 1.75 bits per heavy atom. The Balaban J connectivity index is 1.67. The Morgan fingerprint density at radius 3 is 2.33 bits per heavy atom. The molecule has 1 aromatic rings. The number of hydrogen-bond acceptors (Lipinski definition) is 4. The van der Waals surface area contributed by atoms with Gasteiger partial charge in [0.1, 0.15) is 0 Å². The Labute approximate surface area is 140 Å². The molecule has 0 saturated carbocycles. The zero-order chi connectivity index (χ0) is 17.1. The highest BCUT2D eigenvalue weighted by Crippen LogP contribution is 2.27. The summed E-state index contributed by atoms with van der Waals surface area (Å²) in [6.45, 7) is 0.715. The van der Waals surface area contributed by atoms with Crippen molar-refractivity contribution in [1.29, 1.82) is 0 Å². The maximum Gasteiger partial charge on any atom is 0.228 e. The summed E-state index contributed by atoms with van der Waals surface area (Å²) in [4.78, 5) is 37.0. The number of anilines is 2. The number of amides is 2. The van der Waals surface area contributed by atoms with E-state index in [0.717, 1.165) is 12.1 Å². The molecule has 1 N–H and O–H groups in total. The van der Waals surface area contributed by atoms with Crippen molar-refractivity contribution in [2.45, 2.75) is 25.7 Å². The van der Waals surface area contributed by atoms with Crippen LogP contribution in [0.3, 0.4) is 0 Å². The van der Waals surface area contributed by atoms with Gasteiger partial charge in [-0.15, -0.1) is 0 Å². The number of nitrogens with one attached hydrogen (secondary N) is 1. The van der Waals surface area contributed by atoms with E-state index in [1.807, 2.05) is 6.08 Å². The first-order valence-electron chi connectivity index (χ1n) is 8.13. The van der Waals surface area contributed by atoms with Crippen molar-refractivity contribution < 1.29 is 19.5 Å². The molecular formula is C18H19N2O4-. The van der Waals surface area contributed by atoms with E-state index in [0.29, 0.717) is 31.5 Å². The Hall–Kier alpha value is -2.63. The molecule has 0 bridgehead atoms. The molecule has 3 rings (SSSR count). The first-order valence-corrected chi connectivity index (χ1v) is 8.13. The van der Waals surface area contributed by atoms with Crippen LogP contribution in [0.2, 0.25) is 0 Å². The second kappa shape index (κ2) is 6.86. The number of hydrogen-bond donors (Lipinski definition) is 1. The molecule has 2 amide bonds. The third-order valence-electron chi connectivity index (χ3n) is 4.59. The molecule has 1 aliphatic carbocycles. The van der Waals surface area contributed by atoms with Crippen LogP contribution in [-0.4, -0.2) is 24.3 Å². The molecule has 0 radical (unpaired) electrons. The van der Waals surface area contributed by atoms with Crippen LogP contribution in [-0.2, 0) is 14.4 Å². The predicted molar refractivity (Wildman–Crippen MR) is 87.0 cm³/mol. The number of allylic oxidation sites excluding steroid dienone is 2. The number of benzene rings is 1. The molecule has 2 aliphatic rings. The average Bonchev–Trinajstić information content (AvgIpc) is 3.01. The highest BCUT2D eigenvalue weighted by atomic mass is 16.4. The monoisotopic (exact) mass is 327 g/mol. The molecule has 1 fully saturated rings. The fraction of sp³-hybridized carbons (Fsp3) is 0.389. The zero-order valence-electron chi connectivity index (χ0n) is 13.2. The summed E-state index contributed by atoms with van der Waals surface area (Å²) < 4.78 is 0. The maximum absolute atomic E-state index is 12.4. The topological polar surface area (TPSA) is 89.5 Å². The standard InChI is InChI=1S/C18H20N2O4/c21-16-6-3-11-20(16)13-9-7-12(8-10-13)19-17(22)14-4-1-2-5-15(14)18(23)24/h1-2,7-10,14-15H,3-6,11H2,(H,19,22)(H,23,24)/p-1/t14-,15-/m1/s1. The van der Waals surface area contributed by atoms with E-state index >= 15 is 0 Å². The average molecular weight is 327 g/mol. The van der Waals surface area contributed by atoms with Gasteiger partial charge < -0.3 is 20.1 Å². The minimum Gasteiger partial charge on any atom is -0.550 e. The Kier molecular flexibility index (Phi) is 4.64. The summed E-state index contributed by atoms with van der Waals surface area (Å²) in [6, 6.07) is 7.03. The largest absolute Gasteiger partial charge is 0.550 e. The van der Waals surface area contributed by atoms with E-state index in [1.54, 1.807) is 35.2 Å². The van der Waals surface area contributed by atoms with Crippen LogP contribution in [0.5, 0.6) is 0 Å². The summed E-state index contributed by atoms with van der Waals surface area (Å²) in [6.07, 6.45) is 5.73. The van der Waals surface area contributed by atoms with Crippen LogP contribution < -0.4 is 15.3 Å². The second-order valence-electron chi connectivity index (χ2n) is 6.16. The molecule has 0 unspecified atom stereocenters. The van der Waals surface area contributed by atoms with Crippen molar-refractivity contribution in [2.24, 2.45) is 11.8 Å². The van der Waals surface area contributed by atoms with Gasteiger partial charge in [0.2, 0.25) is 11.8 Å². The van der Waals surface area contributed by atoms with Gasteiger partial charge in [-0.1, -0.05) is 12.2 Å². The molecule has 1 aromatic carbocycles. The van der Waals surface area contributed by atoms with Gasteiger partial charge in [0.15, 0.2) is 0 Å². The van der Waals surface area contributed by atoms with Crippen molar-refractivity contribution >= 4 is 29.2 Å². The second-order valence-corrected chi connectivity index (χ2v) is 6.16. The third kappa shape index (κ3) is 3.32. The maximum atomic E-state index is 12.4. The van der Waals surface area contributed by atoms with Gasteiger partial charge in [0, 0.05) is 36.2 Å². The quantitative estimate of drug-likeness (QED) is 0.838. The number of carboxylic acid groups (broad SMARTS) is 1. The molecular weight excluding hydrogens is 308 g/mol. The van der Waals surface area contributed by atoms with E-state index in [9.17, 15) is 19.5 Å². The van der Waals surface area contributed by atoms with Gasteiger partial charge in [0.25, 0.3) is 0 Å². The van der Waals surface area contributed by atoms with E-state index in [2.05, 4.69) is 5.32 Å². The van der Waals surface area contributed by atoms with Gasteiger partial charge >= 0.3 is 0 Å². The number of carboxylic acids is 1. The fourth-order valence-electron chi connectivity index (χ4n) is 3.25. The number of carbonyl (C=O) groups excluding carboxylic acids is 3. The van der Waals surface area contributed by atoms with E-state index in [4.69, 9.17) is 0 Å². The van der Waals surface area contributed by atoms with Gasteiger partial charge in [-0.3, -0.25) is 9.59 Å². The molecule has 1 heterocycles.